The number of nitro groups is 1. The smallest absolute Gasteiger partial charge is 0.283 e. The molecular formula is C16H15ClN2O5S. The number of nitrogens with zero attached hydrogens (tertiary/aromatic N) is 1. The Labute approximate surface area is 152 Å². The number of fused-ring (bicyclic) bond motifs is 1. The molecule has 0 bridgehead atoms. The zero-order valence-corrected chi connectivity index (χ0v) is 14.9. The number of carbonyl (C=O) groups is 1. The quantitative estimate of drug-likeness (QED) is 0.643. The Hall–Kier alpha value is -2.32. The molecule has 0 aliphatic carbocycles. The number of benzene rings is 1. The summed E-state index contributed by atoms with van der Waals surface area (Å²) in [6.45, 7) is 2.92. The minimum Gasteiger partial charge on any atom is -0.489 e. The summed E-state index contributed by atoms with van der Waals surface area (Å²) < 4.78 is 11.2. The summed E-state index contributed by atoms with van der Waals surface area (Å²) >= 11 is 7.31. The number of rotatable bonds is 4. The Balaban J connectivity index is 1.72. The van der Waals surface area contributed by atoms with E-state index in [9.17, 15) is 14.9 Å². The third-order valence-corrected chi connectivity index (χ3v) is 4.95. The zero-order valence-electron chi connectivity index (χ0n) is 13.3. The summed E-state index contributed by atoms with van der Waals surface area (Å²) in [5.74, 6) is 0.694. The second-order valence-corrected chi connectivity index (χ2v) is 7.11. The summed E-state index contributed by atoms with van der Waals surface area (Å²) in [5.41, 5.74) is 0.708. The second kappa shape index (κ2) is 7.28. The molecule has 1 N–H and O–H groups in total. The Morgan fingerprint density at radius 1 is 1.36 bits per heavy atom. The van der Waals surface area contributed by atoms with Crippen LogP contribution in [-0.4, -0.2) is 24.0 Å². The summed E-state index contributed by atoms with van der Waals surface area (Å²) in [5, 5.41) is 14.0. The topological polar surface area (TPSA) is 90.7 Å². The fraction of sp³-hybridized carbons (Fsp3) is 0.312. The molecule has 1 aliphatic heterocycles. The van der Waals surface area contributed by atoms with Gasteiger partial charge in [0.2, 0.25) is 0 Å². The van der Waals surface area contributed by atoms with E-state index in [-0.39, 0.29) is 18.1 Å². The Bertz CT molecular complexity index is 836. The summed E-state index contributed by atoms with van der Waals surface area (Å²) in [4.78, 5) is 23.4. The molecule has 1 amide bonds. The van der Waals surface area contributed by atoms with Gasteiger partial charge in [0.05, 0.1) is 32.9 Å². The van der Waals surface area contributed by atoms with E-state index in [2.05, 4.69) is 5.32 Å². The van der Waals surface area contributed by atoms with E-state index < -0.39 is 4.92 Å². The second-order valence-electron chi connectivity index (χ2n) is 5.45. The van der Waals surface area contributed by atoms with Gasteiger partial charge in [-0.15, -0.1) is 11.3 Å². The molecule has 25 heavy (non-hydrogen) atoms. The number of nitrogens with one attached hydrogen (secondary N) is 1. The van der Waals surface area contributed by atoms with E-state index in [0.29, 0.717) is 39.5 Å². The van der Waals surface area contributed by atoms with Crippen LogP contribution in [0.2, 0.25) is 5.02 Å². The van der Waals surface area contributed by atoms with E-state index in [4.69, 9.17) is 21.1 Å². The summed E-state index contributed by atoms with van der Waals surface area (Å²) in [6, 6.07) is 4.77. The molecule has 9 heteroatoms. The Morgan fingerprint density at radius 2 is 2.12 bits per heavy atom. The molecule has 1 aliphatic rings. The molecule has 0 radical (unpaired) electrons. The van der Waals surface area contributed by atoms with Crippen LogP contribution in [0.15, 0.2) is 18.2 Å². The van der Waals surface area contributed by atoms with Crippen LogP contribution in [0.25, 0.3) is 0 Å². The molecule has 7 nitrogen and oxygen atoms in total. The number of hydrogen-bond donors (Lipinski definition) is 1. The van der Waals surface area contributed by atoms with Crippen molar-refractivity contribution < 1.29 is 19.2 Å². The van der Waals surface area contributed by atoms with E-state index in [1.807, 2.05) is 0 Å². The number of hydrogen-bond acceptors (Lipinski definition) is 6. The third-order valence-electron chi connectivity index (χ3n) is 3.63. The van der Waals surface area contributed by atoms with Crippen LogP contribution < -0.4 is 14.8 Å². The van der Waals surface area contributed by atoms with Crippen LogP contribution in [0, 0.1) is 17.0 Å². The number of thiophene rings is 1. The highest BCUT2D eigenvalue weighted by Gasteiger charge is 2.20. The fourth-order valence-corrected chi connectivity index (χ4v) is 3.61. The fourth-order valence-electron chi connectivity index (χ4n) is 2.42. The molecule has 0 fully saturated rings. The van der Waals surface area contributed by atoms with E-state index >= 15 is 0 Å². The highest BCUT2D eigenvalue weighted by atomic mass is 35.5. The van der Waals surface area contributed by atoms with E-state index in [0.717, 1.165) is 23.3 Å². The van der Waals surface area contributed by atoms with Gasteiger partial charge in [-0.05, 0) is 24.6 Å². The number of carbonyl (C=O) groups excluding carboxylic acids is 1. The first-order chi connectivity index (χ1) is 12.0. The Kier molecular flexibility index (Phi) is 5.10. The molecule has 0 atom stereocenters. The first-order valence-corrected chi connectivity index (χ1v) is 8.76. The zero-order chi connectivity index (χ0) is 18.0. The van der Waals surface area contributed by atoms with Crippen molar-refractivity contribution in [3.8, 4) is 11.5 Å². The van der Waals surface area contributed by atoms with Crippen molar-refractivity contribution in [2.24, 2.45) is 0 Å². The van der Waals surface area contributed by atoms with Gasteiger partial charge in [-0.3, -0.25) is 14.9 Å². The van der Waals surface area contributed by atoms with Crippen LogP contribution in [-0.2, 0) is 6.54 Å². The molecule has 0 spiro atoms. The highest BCUT2D eigenvalue weighted by Crippen LogP contribution is 2.38. The number of amides is 1. The van der Waals surface area contributed by atoms with Gasteiger partial charge in [0.1, 0.15) is 0 Å². The average molecular weight is 383 g/mol. The monoisotopic (exact) mass is 382 g/mol. The van der Waals surface area contributed by atoms with Crippen molar-refractivity contribution in [2.45, 2.75) is 19.9 Å². The normalized spacial score (nSPS) is 13.2. The lowest BCUT2D eigenvalue weighted by molar-refractivity contribution is -0.385. The molecule has 2 heterocycles. The maximum absolute atomic E-state index is 12.2. The van der Waals surface area contributed by atoms with Gasteiger partial charge in [0, 0.05) is 19.0 Å². The molecule has 2 aromatic rings. The van der Waals surface area contributed by atoms with E-state index in [1.54, 1.807) is 19.1 Å². The van der Waals surface area contributed by atoms with Crippen molar-refractivity contribution in [2.75, 3.05) is 13.2 Å². The van der Waals surface area contributed by atoms with Crippen molar-refractivity contribution in [3.05, 3.63) is 48.7 Å². The molecule has 1 aromatic carbocycles. The molecular weight excluding hydrogens is 368 g/mol. The van der Waals surface area contributed by atoms with Crippen LogP contribution in [0.4, 0.5) is 5.69 Å². The van der Waals surface area contributed by atoms with Crippen molar-refractivity contribution in [3.63, 3.8) is 0 Å². The van der Waals surface area contributed by atoms with Crippen LogP contribution in [0.5, 0.6) is 11.5 Å². The average Bonchev–Trinajstić information content (AvgIpc) is 2.80. The van der Waals surface area contributed by atoms with Crippen LogP contribution >= 0.6 is 22.9 Å². The summed E-state index contributed by atoms with van der Waals surface area (Å²) in [7, 11) is 0. The molecule has 0 saturated heterocycles. The van der Waals surface area contributed by atoms with Gasteiger partial charge < -0.3 is 14.8 Å². The first kappa shape index (κ1) is 17.5. The molecule has 1 aromatic heterocycles. The summed E-state index contributed by atoms with van der Waals surface area (Å²) in [6.07, 6.45) is 0.771. The standard InChI is InChI=1S/C16H15ClN2O5S/c1-9-12(19(21)22)7-14(25-9)16(20)18-8-10-5-11(17)15-13(6-10)23-3-2-4-24-15/h5-7H,2-4,8H2,1H3,(H,18,20). The minimum atomic E-state index is -0.494. The van der Waals surface area contributed by atoms with Gasteiger partial charge >= 0.3 is 0 Å². The first-order valence-electron chi connectivity index (χ1n) is 7.56. The lowest BCUT2D eigenvalue weighted by Crippen LogP contribution is -2.21. The Morgan fingerprint density at radius 3 is 2.84 bits per heavy atom. The molecule has 3 rings (SSSR count). The van der Waals surface area contributed by atoms with Gasteiger partial charge in [-0.1, -0.05) is 11.6 Å². The number of halogens is 1. The molecule has 0 saturated carbocycles. The third kappa shape index (κ3) is 3.85. The largest absolute Gasteiger partial charge is 0.489 e. The number of ether oxygens (including phenoxy) is 2. The van der Waals surface area contributed by atoms with Crippen molar-refractivity contribution >= 4 is 34.5 Å². The lowest BCUT2D eigenvalue weighted by atomic mass is 10.2. The predicted molar refractivity (Wildman–Crippen MR) is 93.9 cm³/mol. The maximum atomic E-state index is 12.2. The van der Waals surface area contributed by atoms with E-state index in [1.165, 1.54) is 6.07 Å². The molecule has 0 unspecified atom stereocenters. The minimum absolute atomic E-state index is 0.0474. The van der Waals surface area contributed by atoms with Crippen molar-refractivity contribution in [1.82, 2.24) is 5.32 Å². The lowest BCUT2D eigenvalue weighted by Gasteiger charge is -2.12. The maximum Gasteiger partial charge on any atom is 0.283 e. The van der Waals surface area contributed by atoms with Gasteiger partial charge in [-0.25, -0.2) is 0 Å². The van der Waals surface area contributed by atoms with Crippen LogP contribution in [0.1, 0.15) is 26.5 Å². The predicted octanol–water partition coefficient (Wildman–Crippen LogP) is 3.71. The highest BCUT2D eigenvalue weighted by molar-refractivity contribution is 7.14. The number of aryl methyl sites for hydroxylation is 1. The SMILES string of the molecule is Cc1sc(C(=O)NCc2cc(Cl)c3c(c2)OCCCO3)cc1[N+](=O)[O-]. The van der Waals surface area contributed by atoms with Gasteiger partial charge in [0.25, 0.3) is 11.6 Å². The van der Waals surface area contributed by atoms with Gasteiger partial charge in [-0.2, -0.15) is 0 Å². The molecule has 132 valence electrons. The van der Waals surface area contributed by atoms with Gasteiger partial charge in [0.15, 0.2) is 11.5 Å². The van der Waals surface area contributed by atoms with Crippen molar-refractivity contribution in [1.29, 1.82) is 0 Å². The van der Waals surface area contributed by atoms with Crippen LogP contribution in [0.3, 0.4) is 0 Å².